The Morgan fingerprint density at radius 2 is 2.00 bits per heavy atom. The first kappa shape index (κ1) is 14.9. The van der Waals surface area contributed by atoms with Crippen LogP contribution in [0.25, 0.3) is 0 Å². The van der Waals surface area contributed by atoms with Gasteiger partial charge in [0, 0.05) is 20.1 Å². The molecule has 6 heteroatoms. The third kappa shape index (κ3) is 4.27. The second kappa shape index (κ2) is 7.33. The summed E-state index contributed by atoms with van der Waals surface area (Å²) in [6.45, 7) is 1.83. The van der Waals surface area contributed by atoms with Gasteiger partial charge in [0.05, 0.1) is 25.2 Å². The van der Waals surface area contributed by atoms with Gasteiger partial charge in [0.15, 0.2) is 0 Å². The Balaban J connectivity index is 2.12. The van der Waals surface area contributed by atoms with Crippen LogP contribution in [0.4, 0.5) is 0 Å². The topological polar surface area (TPSA) is 84.9 Å². The molecule has 1 saturated carbocycles. The maximum absolute atomic E-state index is 11.6. The molecule has 1 aliphatic carbocycles. The van der Waals surface area contributed by atoms with E-state index in [4.69, 9.17) is 14.6 Å². The molecule has 6 nitrogen and oxygen atoms in total. The van der Waals surface area contributed by atoms with Crippen LogP contribution >= 0.6 is 0 Å². The molecule has 0 aromatic carbocycles. The monoisotopic (exact) mass is 259 g/mol. The molecule has 0 atom stereocenters. The summed E-state index contributed by atoms with van der Waals surface area (Å²) >= 11 is 0. The highest BCUT2D eigenvalue weighted by Crippen LogP contribution is 2.44. The van der Waals surface area contributed by atoms with Crippen molar-refractivity contribution < 1.29 is 24.2 Å². The zero-order valence-electron chi connectivity index (χ0n) is 10.7. The lowest BCUT2D eigenvalue weighted by molar-refractivity contribution is -0.157. The average Bonchev–Trinajstić information content (AvgIpc) is 2.28. The molecule has 1 fully saturated rings. The Kier molecular flexibility index (Phi) is 6.07. The molecule has 18 heavy (non-hydrogen) atoms. The minimum atomic E-state index is -0.861. The van der Waals surface area contributed by atoms with E-state index in [0.717, 1.165) is 6.42 Å². The highest BCUT2D eigenvalue weighted by atomic mass is 16.5. The van der Waals surface area contributed by atoms with Crippen molar-refractivity contribution >= 4 is 11.9 Å². The standard InChI is InChI=1S/C12H21NO5/c1-17-7-8-18-6-5-13-10(14)9-12(11(15)16)3-2-4-12/h2-9H2,1H3,(H,13,14)(H,15,16). The van der Waals surface area contributed by atoms with Gasteiger partial charge in [-0.2, -0.15) is 0 Å². The third-order valence-electron chi connectivity index (χ3n) is 3.26. The first-order valence-corrected chi connectivity index (χ1v) is 6.17. The summed E-state index contributed by atoms with van der Waals surface area (Å²) in [5.41, 5.74) is -0.818. The normalized spacial score (nSPS) is 16.9. The van der Waals surface area contributed by atoms with E-state index in [2.05, 4.69) is 5.32 Å². The Labute approximate surface area is 107 Å². The maximum Gasteiger partial charge on any atom is 0.310 e. The maximum atomic E-state index is 11.6. The second-order valence-corrected chi connectivity index (χ2v) is 4.57. The number of nitrogens with one attached hydrogen (secondary N) is 1. The summed E-state index contributed by atoms with van der Waals surface area (Å²) in [6.07, 6.45) is 2.15. The van der Waals surface area contributed by atoms with Gasteiger partial charge in [0.1, 0.15) is 0 Å². The van der Waals surface area contributed by atoms with Crippen LogP contribution in [0.3, 0.4) is 0 Å². The van der Waals surface area contributed by atoms with Gasteiger partial charge in [-0.1, -0.05) is 6.42 Å². The number of ether oxygens (including phenoxy) is 2. The van der Waals surface area contributed by atoms with Gasteiger partial charge < -0.3 is 19.9 Å². The fraction of sp³-hybridized carbons (Fsp3) is 0.833. The summed E-state index contributed by atoms with van der Waals surface area (Å²) in [6, 6.07) is 0. The molecule has 1 rings (SSSR count). The summed E-state index contributed by atoms with van der Waals surface area (Å²) in [4.78, 5) is 22.7. The first-order chi connectivity index (χ1) is 8.60. The lowest BCUT2D eigenvalue weighted by Crippen LogP contribution is -2.43. The molecule has 0 bridgehead atoms. The molecule has 0 radical (unpaired) electrons. The molecular weight excluding hydrogens is 238 g/mol. The molecule has 0 heterocycles. The molecule has 0 saturated heterocycles. The van der Waals surface area contributed by atoms with Crippen molar-refractivity contribution in [3.63, 3.8) is 0 Å². The molecule has 0 aliphatic heterocycles. The zero-order chi connectivity index (χ0) is 13.4. The number of hydrogen-bond acceptors (Lipinski definition) is 4. The summed E-state index contributed by atoms with van der Waals surface area (Å²) in [5.74, 6) is -1.08. The number of carbonyl (C=O) groups excluding carboxylic acids is 1. The van der Waals surface area contributed by atoms with Gasteiger partial charge >= 0.3 is 5.97 Å². The van der Waals surface area contributed by atoms with Crippen LogP contribution in [-0.2, 0) is 19.1 Å². The third-order valence-corrected chi connectivity index (χ3v) is 3.26. The van der Waals surface area contributed by atoms with Crippen molar-refractivity contribution in [1.82, 2.24) is 5.32 Å². The predicted molar refractivity (Wildman–Crippen MR) is 64.2 cm³/mol. The van der Waals surface area contributed by atoms with Gasteiger partial charge in [0.25, 0.3) is 0 Å². The van der Waals surface area contributed by atoms with Gasteiger partial charge in [0.2, 0.25) is 5.91 Å². The second-order valence-electron chi connectivity index (χ2n) is 4.57. The number of carboxylic acids is 1. The van der Waals surface area contributed by atoms with Crippen LogP contribution in [0.1, 0.15) is 25.7 Å². The minimum absolute atomic E-state index is 0.0698. The van der Waals surface area contributed by atoms with E-state index >= 15 is 0 Å². The van der Waals surface area contributed by atoms with Crippen LogP contribution in [0.5, 0.6) is 0 Å². The van der Waals surface area contributed by atoms with Crippen molar-refractivity contribution in [3.05, 3.63) is 0 Å². The number of amides is 1. The molecule has 104 valence electrons. The highest BCUT2D eigenvalue weighted by molar-refractivity contribution is 5.85. The average molecular weight is 259 g/mol. The van der Waals surface area contributed by atoms with E-state index in [-0.39, 0.29) is 12.3 Å². The van der Waals surface area contributed by atoms with Crippen LogP contribution < -0.4 is 5.32 Å². The lowest BCUT2D eigenvalue weighted by Gasteiger charge is -2.36. The quantitative estimate of drug-likeness (QED) is 0.586. The minimum Gasteiger partial charge on any atom is -0.481 e. The molecular formula is C12H21NO5. The largest absolute Gasteiger partial charge is 0.481 e. The van der Waals surface area contributed by atoms with Gasteiger partial charge in [-0.25, -0.2) is 0 Å². The Morgan fingerprint density at radius 1 is 1.28 bits per heavy atom. The Morgan fingerprint density at radius 3 is 2.50 bits per heavy atom. The Bertz CT molecular complexity index is 288. The van der Waals surface area contributed by atoms with E-state index in [1.54, 1.807) is 7.11 Å². The van der Waals surface area contributed by atoms with E-state index in [9.17, 15) is 9.59 Å². The van der Waals surface area contributed by atoms with Crippen LogP contribution in [0.2, 0.25) is 0 Å². The summed E-state index contributed by atoms with van der Waals surface area (Å²) in [7, 11) is 1.59. The molecule has 2 N–H and O–H groups in total. The highest BCUT2D eigenvalue weighted by Gasteiger charge is 2.45. The first-order valence-electron chi connectivity index (χ1n) is 6.17. The smallest absolute Gasteiger partial charge is 0.310 e. The fourth-order valence-electron chi connectivity index (χ4n) is 1.95. The van der Waals surface area contributed by atoms with Crippen LogP contribution in [0, 0.1) is 5.41 Å². The molecule has 1 amide bonds. The fourth-order valence-corrected chi connectivity index (χ4v) is 1.95. The summed E-state index contributed by atoms with van der Waals surface area (Å²) < 4.78 is 9.99. The molecule has 0 unspecified atom stereocenters. The molecule has 1 aliphatic rings. The van der Waals surface area contributed by atoms with Gasteiger partial charge in [-0.15, -0.1) is 0 Å². The number of carboxylic acid groups (broad SMARTS) is 1. The van der Waals surface area contributed by atoms with Crippen molar-refractivity contribution in [2.24, 2.45) is 5.41 Å². The van der Waals surface area contributed by atoms with E-state index in [0.29, 0.717) is 39.2 Å². The summed E-state index contributed by atoms with van der Waals surface area (Å²) in [5, 5.41) is 11.8. The van der Waals surface area contributed by atoms with E-state index < -0.39 is 11.4 Å². The van der Waals surface area contributed by atoms with Crippen molar-refractivity contribution in [3.8, 4) is 0 Å². The van der Waals surface area contributed by atoms with Gasteiger partial charge in [-0.05, 0) is 12.8 Å². The lowest BCUT2D eigenvalue weighted by atomic mass is 9.66. The predicted octanol–water partition coefficient (Wildman–Crippen LogP) is 0.411. The van der Waals surface area contributed by atoms with Crippen molar-refractivity contribution in [2.75, 3.05) is 33.5 Å². The molecule has 0 aromatic heterocycles. The number of hydrogen-bond donors (Lipinski definition) is 2. The van der Waals surface area contributed by atoms with Gasteiger partial charge in [-0.3, -0.25) is 9.59 Å². The number of aliphatic carboxylic acids is 1. The molecule has 0 aromatic rings. The number of carbonyl (C=O) groups is 2. The zero-order valence-corrected chi connectivity index (χ0v) is 10.7. The van der Waals surface area contributed by atoms with Crippen LogP contribution in [-0.4, -0.2) is 50.5 Å². The van der Waals surface area contributed by atoms with Crippen molar-refractivity contribution in [2.45, 2.75) is 25.7 Å². The van der Waals surface area contributed by atoms with E-state index in [1.807, 2.05) is 0 Å². The van der Waals surface area contributed by atoms with Crippen LogP contribution in [0.15, 0.2) is 0 Å². The number of rotatable bonds is 9. The Hall–Kier alpha value is -1.14. The number of methoxy groups -OCH3 is 1. The SMILES string of the molecule is COCCOCCNC(=O)CC1(C(=O)O)CCC1. The molecule has 0 spiro atoms. The van der Waals surface area contributed by atoms with E-state index in [1.165, 1.54) is 0 Å². The van der Waals surface area contributed by atoms with Crippen molar-refractivity contribution in [1.29, 1.82) is 0 Å².